The van der Waals surface area contributed by atoms with Crippen molar-refractivity contribution in [3.63, 3.8) is 0 Å². The molecule has 0 bridgehead atoms. The summed E-state index contributed by atoms with van der Waals surface area (Å²) in [6.07, 6.45) is 0.969. The SMILES string of the molecule is CCOC(=O)NC1CCCN(C(=O)OCC)C1. The molecular weight excluding hydrogens is 224 g/mol. The smallest absolute Gasteiger partial charge is 0.409 e. The van der Waals surface area contributed by atoms with Crippen molar-refractivity contribution in [2.24, 2.45) is 0 Å². The number of hydrogen-bond acceptors (Lipinski definition) is 4. The van der Waals surface area contributed by atoms with Gasteiger partial charge in [-0.15, -0.1) is 0 Å². The fourth-order valence-corrected chi connectivity index (χ4v) is 1.81. The maximum Gasteiger partial charge on any atom is 0.409 e. The zero-order valence-electron chi connectivity index (χ0n) is 10.4. The number of alkyl carbamates (subject to hydrolysis) is 1. The number of carbonyl (C=O) groups is 2. The standard InChI is InChI=1S/C11H20N2O4/c1-3-16-10(14)12-9-6-5-7-13(8-9)11(15)17-4-2/h9H,3-8H2,1-2H3,(H,12,14). The van der Waals surface area contributed by atoms with E-state index in [2.05, 4.69) is 5.32 Å². The lowest BCUT2D eigenvalue weighted by molar-refractivity contribution is 0.0898. The van der Waals surface area contributed by atoms with Crippen LogP contribution in [0.5, 0.6) is 0 Å². The zero-order valence-corrected chi connectivity index (χ0v) is 10.4. The molecule has 17 heavy (non-hydrogen) atoms. The Hall–Kier alpha value is -1.46. The van der Waals surface area contributed by atoms with Crippen LogP contribution in [0.2, 0.25) is 0 Å². The van der Waals surface area contributed by atoms with E-state index in [4.69, 9.17) is 9.47 Å². The molecule has 1 rings (SSSR count). The van der Waals surface area contributed by atoms with Crippen LogP contribution < -0.4 is 5.32 Å². The van der Waals surface area contributed by atoms with Crippen molar-refractivity contribution < 1.29 is 19.1 Å². The van der Waals surface area contributed by atoms with Crippen LogP contribution in [-0.4, -0.2) is 49.4 Å². The van der Waals surface area contributed by atoms with Crippen molar-refractivity contribution in [3.8, 4) is 0 Å². The topological polar surface area (TPSA) is 67.9 Å². The van der Waals surface area contributed by atoms with Crippen LogP contribution in [0.4, 0.5) is 9.59 Å². The molecule has 98 valence electrons. The maximum atomic E-state index is 11.5. The van der Waals surface area contributed by atoms with Crippen molar-refractivity contribution in [2.45, 2.75) is 32.7 Å². The van der Waals surface area contributed by atoms with Gasteiger partial charge in [0.05, 0.1) is 13.2 Å². The van der Waals surface area contributed by atoms with Gasteiger partial charge in [-0.25, -0.2) is 9.59 Å². The molecule has 1 heterocycles. The van der Waals surface area contributed by atoms with Crippen LogP contribution in [0.3, 0.4) is 0 Å². The molecule has 0 aromatic carbocycles. The molecule has 0 spiro atoms. The molecule has 1 aliphatic heterocycles. The molecule has 0 aromatic rings. The fourth-order valence-electron chi connectivity index (χ4n) is 1.81. The Morgan fingerprint density at radius 2 is 2.00 bits per heavy atom. The maximum absolute atomic E-state index is 11.5. The van der Waals surface area contributed by atoms with Crippen LogP contribution in [0, 0.1) is 0 Å². The molecule has 1 saturated heterocycles. The first-order chi connectivity index (χ1) is 8.17. The first kappa shape index (κ1) is 13.6. The van der Waals surface area contributed by atoms with Crippen molar-refractivity contribution in [1.29, 1.82) is 0 Å². The molecule has 1 unspecified atom stereocenters. The molecular formula is C11H20N2O4. The minimum absolute atomic E-state index is 0.0489. The van der Waals surface area contributed by atoms with Crippen LogP contribution in [0.25, 0.3) is 0 Å². The number of rotatable bonds is 3. The van der Waals surface area contributed by atoms with Gasteiger partial charge in [-0.2, -0.15) is 0 Å². The molecule has 0 aromatic heterocycles. The van der Waals surface area contributed by atoms with Crippen LogP contribution in [0.1, 0.15) is 26.7 Å². The lowest BCUT2D eigenvalue weighted by Crippen LogP contribution is -2.49. The van der Waals surface area contributed by atoms with Gasteiger partial charge in [0.2, 0.25) is 0 Å². The Kier molecular flexibility index (Phi) is 5.59. The molecule has 1 fully saturated rings. The van der Waals surface area contributed by atoms with Crippen molar-refractivity contribution in [3.05, 3.63) is 0 Å². The van der Waals surface area contributed by atoms with E-state index in [1.807, 2.05) is 0 Å². The van der Waals surface area contributed by atoms with Crippen molar-refractivity contribution in [2.75, 3.05) is 26.3 Å². The van der Waals surface area contributed by atoms with Gasteiger partial charge in [-0.3, -0.25) is 0 Å². The highest BCUT2D eigenvalue weighted by molar-refractivity contribution is 5.69. The fraction of sp³-hybridized carbons (Fsp3) is 0.818. The number of carbonyl (C=O) groups excluding carboxylic acids is 2. The molecule has 6 nitrogen and oxygen atoms in total. The van der Waals surface area contributed by atoms with Gasteiger partial charge in [0.15, 0.2) is 0 Å². The number of nitrogens with one attached hydrogen (secondary N) is 1. The summed E-state index contributed by atoms with van der Waals surface area (Å²) in [6.45, 7) is 5.41. The second kappa shape index (κ2) is 6.98. The van der Waals surface area contributed by atoms with E-state index < -0.39 is 6.09 Å². The number of nitrogens with zero attached hydrogens (tertiary/aromatic N) is 1. The number of piperidine rings is 1. The normalized spacial score (nSPS) is 19.6. The third-order valence-electron chi connectivity index (χ3n) is 2.54. The minimum atomic E-state index is -0.428. The number of likely N-dealkylation sites (tertiary alicyclic amines) is 1. The number of amides is 2. The first-order valence-electron chi connectivity index (χ1n) is 6.02. The molecule has 1 N–H and O–H groups in total. The predicted molar refractivity (Wildman–Crippen MR) is 61.8 cm³/mol. The lowest BCUT2D eigenvalue weighted by atomic mass is 10.1. The third kappa shape index (κ3) is 4.50. The van der Waals surface area contributed by atoms with Crippen LogP contribution in [-0.2, 0) is 9.47 Å². The molecule has 6 heteroatoms. The summed E-state index contributed by atoms with van der Waals surface area (Å²) in [4.78, 5) is 24.4. The van der Waals surface area contributed by atoms with E-state index in [0.717, 1.165) is 12.8 Å². The van der Waals surface area contributed by atoms with E-state index in [9.17, 15) is 9.59 Å². The Morgan fingerprint density at radius 3 is 2.65 bits per heavy atom. The third-order valence-corrected chi connectivity index (χ3v) is 2.54. The first-order valence-corrected chi connectivity index (χ1v) is 6.02. The Balaban J connectivity index is 2.38. The van der Waals surface area contributed by atoms with E-state index in [1.165, 1.54) is 0 Å². The monoisotopic (exact) mass is 244 g/mol. The molecule has 2 amide bonds. The summed E-state index contributed by atoms with van der Waals surface area (Å²) in [6, 6.07) is -0.0489. The summed E-state index contributed by atoms with van der Waals surface area (Å²) in [7, 11) is 0. The van der Waals surface area contributed by atoms with Gasteiger partial charge in [0, 0.05) is 19.1 Å². The largest absolute Gasteiger partial charge is 0.450 e. The van der Waals surface area contributed by atoms with Gasteiger partial charge in [-0.1, -0.05) is 0 Å². The van der Waals surface area contributed by atoms with E-state index in [0.29, 0.717) is 26.3 Å². The number of ether oxygens (including phenoxy) is 2. The summed E-state index contributed by atoms with van der Waals surface area (Å²) in [5.74, 6) is 0. The highest BCUT2D eigenvalue weighted by Crippen LogP contribution is 2.11. The van der Waals surface area contributed by atoms with E-state index in [-0.39, 0.29) is 12.1 Å². The van der Waals surface area contributed by atoms with Gasteiger partial charge >= 0.3 is 12.2 Å². The second-order valence-electron chi connectivity index (χ2n) is 3.85. The molecule has 0 radical (unpaired) electrons. The van der Waals surface area contributed by atoms with Crippen LogP contribution in [0.15, 0.2) is 0 Å². The average molecular weight is 244 g/mol. The van der Waals surface area contributed by atoms with Gasteiger partial charge in [0.25, 0.3) is 0 Å². The Bertz CT molecular complexity index is 270. The average Bonchev–Trinajstić information content (AvgIpc) is 2.30. The molecule has 1 atom stereocenters. The second-order valence-corrected chi connectivity index (χ2v) is 3.85. The quantitative estimate of drug-likeness (QED) is 0.813. The molecule has 0 aliphatic carbocycles. The van der Waals surface area contributed by atoms with Crippen molar-refractivity contribution >= 4 is 12.2 Å². The summed E-state index contributed by atoms with van der Waals surface area (Å²) in [5.41, 5.74) is 0. The van der Waals surface area contributed by atoms with Gasteiger partial charge < -0.3 is 19.7 Å². The number of hydrogen-bond donors (Lipinski definition) is 1. The van der Waals surface area contributed by atoms with E-state index in [1.54, 1.807) is 18.7 Å². The highest BCUT2D eigenvalue weighted by atomic mass is 16.6. The van der Waals surface area contributed by atoms with Crippen molar-refractivity contribution in [1.82, 2.24) is 10.2 Å². The van der Waals surface area contributed by atoms with Gasteiger partial charge in [-0.05, 0) is 26.7 Å². The Morgan fingerprint density at radius 1 is 1.29 bits per heavy atom. The lowest BCUT2D eigenvalue weighted by Gasteiger charge is -2.32. The highest BCUT2D eigenvalue weighted by Gasteiger charge is 2.25. The molecule has 0 saturated carbocycles. The van der Waals surface area contributed by atoms with E-state index >= 15 is 0 Å². The minimum Gasteiger partial charge on any atom is -0.450 e. The molecule has 1 aliphatic rings. The summed E-state index contributed by atoms with van der Waals surface area (Å²) in [5, 5.41) is 2.74. The zero-order chi connectivity index (χ0) is 12.7. The Labute approximate surface area is 101 Å². The summed E-state index contributed by atoms with van der Waals surface area (Å²) >= 11 is 0. The van der Waals surface area contributed by atoms with Gasteiger partial charge in [0.1, 0.15) is 0 Å². The predicted octanol–water partition coefficient (Wildman–Crippen LogP) is 1.35. The van der Waals surface area contributed by atoms with Crippen LogP contribution >= 0.6 is 0 Å². The summed E-state index contributed by atoms with van der Waals surface area (Å²) < 4.78 is 9.73.